The van der Waals surface area contributed by atoms with Crippen molar-refractivity contribution in [1.29, 1.82) is 0 Å². The van der Waals surface area contributed by atoms with Crippen LogP contribution in [0.25, 0.3) is 21.9 Å². The Morgan fingerprint density at radius 1 is 1.12 bits per heavy atom. The third-order valence-corrected chi connectivity index (χ3v) is 9.12. The maximum atomic E-state index is 12.7. The van der Waals surface area contributed by atoms with Crippen LogP contribution in [-0.4, -0.2) is 48.6 Å². The van der Waals surface area contributed by atoms with Crippen molar-refractivity contribution in [3.63, 3.8) is 0 Å². The first-order valence-corrected chi connectivity index (χ1v) is 15.0. The summed E-state index contributed by atoms with van der Waals surface area (Å²) in [5.74, 6) is -0.510. The van der Waals surface area contributed by atoms with Gasteiger partial charge in [0.15, 0.2) is 0 Å². The van der Waals surface area contributed by atoms with Crippen LogP contribution in [0.15, 0.2) is 60.7 Å². The minimum Gasteiger partial charge on any atom is -0.481 e. The molecule has 0 amide bonds. The summed E-state index contributed by atoms with van der Waals surface area (Å²) in [7, 11) is 1.87. The normalized spacial score (nSPS) is 16.6. The minimum absolute atomic E-state index is 0.0263. The number of carboxylic acid groups (broad SMARTS) is 1. The van der Waals surface area contributed by atoms with Crippen molar-refractivity contribution in [2.45, 2.75) is 66.2 Å². The van der Waals surface area contributed by atoms with Crippen LogP contribution in [0, 0.1) is 19.3 Å². The molecular formula is C35H39N5O3. The van der Waals surface area contributed by atoms with E-state index in [-0.39, 0.29) is 12.0 Å². The number of carboxylic acids is 1. The van der Waals surface area contributed by atoms with Crippen molar-refractivity contribution < 1.29 is 14.6 Å². The van der Waals surface area contributed by atoms with Gasteiger partial charge in [0.1, 0.15) is 11.6 Å². The Balaban J connectivity index is 1.40. The number of para-hydroxylation sites is 1. The largest absolute Gasteiger partial charge is 0.481 e. The molecule has 0 spiro atoms. The van der Waals surface area contributed by atoms with Crippen LogP contribution in [0.3, 0.4) is 0 Å². The van der Waals surface area contributed by atoms with Gasteiger partial charge >= 0.3 is 5.97 Å². The maximum absolute atomic E-state index is 12.7. The third kappa shape index (κ3) is 5.25. The van der Waals surface area contributed by atoms with Crippen LogP contribution in [-0.2, 0) is 24.9 Å². The summed E-state index contributed by atoms with van der Waals surface area (Å²) in [6.07, 6.45) is 0.904. The molecule has 43 heavy (non-hydrogen) atoms. The molecule has 3 heterocycles. The van der Waals surface area contributed by atoms with Crippen LogP contribution in [0.4, 0.5) is 0 Å². The van der Waals surface area contributed by atoms with E-state index in [1.165, 1.54) is 11.1 Å². The van der Waals surface area contributed by atoms with Gasteiger partial charge in [-0.1, -0.05) is 54.6 Å². The first-order chi connectivity index (χ1) is 20.6. The highest BCUT2D eigenvalue weighted by Gasteiger charge is 2.40. The van der Waals surface area contributed by atoms with Gasteiger partial charge in [-0.2, -0.15) is 0 Å². The minimum atomic E-state index is -1.07. The van der Waals surface area contributed by atoms with E-state index in [4.69, 9.17) is 9.72 Å². The summed E-state index contributed by atoms with van der Waals surface area (Å²) in [6, 6.07) is 20.8. The molecule has 2 aromatic heterocycles. The summed E-state index contributed by atoms with van der Waals surface area (Å²) < 4.78 is 8.17. The number of carbonyl (C=O) groups is 1. The molecule has 8 nitrogen and oxygen atoms in total. The van der Waals surface area contributed by atoms with Crippen molar-refractivity contribution in [3.05, 3.63) is 94.0 Å². The zero-order chi connectivity index (χ0) is 30.5. The first-order valence-electron chi connectivity index (χ1n) is 15.0. The second kappa shape index (κ2) is 11.1. The van der Waals surface area contributed by atoms with Gasteiger partial charge in [-0.25, -0.2) is 9.67 Å². The summed E-state index contributed by atoms with van der Waals surface area (Å²) >= 11 is 0. The molecule has 0 aliphatic carbocycles. The fourth-order valence-corrected chi connectivity index (χ4v) is 6.43. The molecule has 1 aliphatic rings. The summed E-state index contributed by atoms with van der Waals surface area (Å²) in [6.45, 7) is 12.1. The smallest absolute Gasteiger partial charge is 0.310 e. The number of ether oxygens (including phenoxy) is 1. The van der Waals surface area contributed by atoms with E-state index in [2.05, 4.69) is 59.4 Å². The van der Waals surface area contributed by atoms with Gasteiger partial charge in [-0.05, 0) is 80.1 Å². The molecule has 2 atom stereocenters. The molecule has 0 bridgehead atoms. The van der Waals surface area contributed by atoms with Crippen LogP contribution in [0.2, 0.25) is 0 Å². The molecule has 0 radical (unpaired) electrons. The lowest BCUT2D eigenvalue weighted by molar-refractivity contribution is -0.147. The number of fused-ring (bicyclic) bond motifs is 3. The van der Waals surface area contributed by atoms with E-state index in [1.807, 2.05) is 58.2 Å². The number of hydrogen-bond donors (Lipinski definition) is 1. The molecular weight excluding hydrogens is 538 g/mol. The van der Waals surface area contributed by atoms with E-state index in [9.17, 15) is 9.90 Å². The maximum Gasteiger partial charge on any atom is 0.310 e. The summed E-state index contributed by atoms with van der Waals surface area (Å²) in [5.41, 5.74) is 7.92. The zero-order valence-corrected chi connectivity index (χ0v) is 25.8. The molecule has 0 fully saturated rings. The van der Waals surface area contributed by atoms with Gasteiger partial charge in [0, 0.05) is 43.5 Å². The Hall–Kier alpha value is -4.30. The average Bonchev–Trinajstić information content (AvgIpc) is 3.27. The van der Waals surface area contributed by atoms with Crippen LogP contribution in [0.1, 0.15) is 66.5 Å². The Kier molecular flexibility index (Phi) is 7.42. The van der Waals surface area contributed by atoms with Crippen LogP contribution in [0.5, 0.6) is 5.88 Å². The molecule has 5 aromatic rings. The van der Waals surface area contributed by atoms with Gasteiger partial charge in [0.2, 0.25) is 5.88 Å². The summed E-state index contributed by atoms with van der Waals surface area (Å²) in [5, 5.41) is 20.1. The van der Waals surface area contributed by atoms with Crippen molar-refractivity contribution in [3.8, 4) is 5.88 Å². The summed E-state index contributed by atoms with van der Waals surface area (Å²) in [4.78, 5) is 20.0. The lowest BCUT2D eigenvalue weighted by Gasteiger charge is -2.33. The SMILES string of the molecule is CC[C@@H]1CN(Cc2cc(C(c3ccc4c(nnn4C)c3C)C(C)(C)C(=O)O)ccc2C)Cc2cc3ccccc3nc2O1. The Morgan fingerprint density at radius 2 is 1.91 bits per heavy atom. The average molecular weight is 578 g/mol. The number of nitrogens with zero attached hydrogens (tertiary/aromatic N) is 5. The second-order valence-corrected chi connectivity index (χ2v) is 12.5. The van der Waals surface area contributed by atoms with E-state index < -0.39 is 11.4 Å². The Bertz CT molecular complexity index is 1840. The van der Waals surface area contributed by atoms with E-state index in [0.29, 0.717) is 6.54 Å². The number of benzene rings is 3. The fraction of sp³-hybridized carbons (Fsp3) is 0.371. The standard InChI is InChI=1S/C35H39N5O3/c1-7-27-20-40(19-26-16-23-10-8-9-11-29(23)36-33(26)43-27)18-25-17-24(13-12-21(25)2)31(35(4,5)34(41)42)28-14-15-30-32(22(28)3)37-38-39(30)6/h8-17,27,31H,7,18-20H2,1-6H3,(H,41,42)/t27-,31?/m1/s1. The van der Waals surface area contributed by atoms with Gasteiger partial charge in [0.05, 0.1) is 16.4 Å². The zero-order valence-electron chi connectivity index (χ0n) is 25.8. The Morgan fingerprint density at radius 3 is 2.67 bits per heavy atom. The van der Waals surface area contributed by atoms with E-state index in [1.54, 1.807) is 4.68 Å². The van der Waals surface area contributed by atoms with Crippen LogP contribution >= 0.6 is 0 Å². The lowest BCUT2D eigenvalue weighted by Crippen LogP contribution is -2.33. The predicted octanol–water partition coefficient (Wildman–Crippen LogP) is 6.55. The molecule has 1 N–H and O–H groups in total. The van der Waals surface area contributed by atoms with E-state index >= 15 is 0 Å². The molecule has 1 aliphatic heterocycles. The third-order valence-electron chi connectivity index (χ3n) is 9.12. The number of aromatic nitrogens is 4. The van der Waals surface area contributed by atoms with Crippen molar-refractivity contribution in [2.24, 2.45) is 12.5 Å². The van der Waals surface area contributed by atoms with Crippen molar-refractivity contribution in [2.75, 3.05) is 6.54 Å². The molecule has 222 valence electrons. The van der Waals surface area contributed by atoms with Crippen LogP contribution < -0.4 is 4.74 Å². The van der Waals surface area contributed by atoms with Crippen molar-refractivity contribution >= 4 is 27.9 Å². The highest BCUT2D eigenvalue weighted by molar-refractivity contribution is 5.82. The second-order valence-electron chi connectivity index (χ2n) is 12.5. The first kappa shape index (κ1) is 28.8. The highest BCUT2D eigenvalue weighted by atomic mass is 16.5. The lowest BCUT2D eigenvalue weighted by atomic mass is 9.69. The molecule has 6 rings (SSSR count). The number of hydrogen-bond acceptors (Lipinski definition) is 6. The Labute approximate surface area is 252 Å². The molecule has 0 saturated carbocycles. The fourth-order valence-electron chi connectivity index (χ4n) is 6.43. The van der Waals surface area contributed by atoms with E-state index in [0.717, 1.165) is 69.6 Å². The van der Waals surface area contributed by atoms with Crippen molar-refractivity contribution in [1.82, 2.24) is 24.9 Å². The molecule has 1 unspecified atom stereocenters. The highest BCUT2D eigenvalue weighted by Crippen LogP contribution is 2.44. The molecule has 0 saturated heterocycles. The monoisotopic (exact) mass is 577 g/mol. The van der Waals surface area contributed by atoms with Gasteiger partial charge < -0.3 is 9.84 Å². The molecule has 3 aromatic carbocycles. The van der Waals surface area contributed by atoms with Gasteiger partial charge in [-0.15, -0.1) is 5.10 Å². The molecule has 8 heteroatoms. The number of aryl methyl sites for hydroxylation is 3. The number of aliphatic carboxylic acids is 1. The van der Waals surface area contributed by atoms with Gasteiger partial charge in [0.25, 0.3) is 0 Å². The number of rotatable bonds is 7. The van der Waals surface area contributed by atoms with Gasteiger partial charge in [-0.3, -0.25) is 9.69 Å². The topological polar surface area (TPSA) is 93.4 Å². The quantitative estimate of drug-likeness (QED) is 0.234. The number of pyridine rings is 1. The predicted molar refractivity (Wildman–Crippen MR) is 168 cm³/mol.